The summed E-state index contributed by atoms with van der Waals surface area (Å²) in [5, 5.41) is 5.91. The largest absolute Gasteiger partial charge is 0.497 e. The number of anilines is 3. The number of carbonyl (C=O) groups excluding carboxylic acids is 1. The van der Waals surface area contributed by atoms with E-state index in [9.17, 15) is 4.79 Å². The maximum Gasteiger partial charge on any atom is 0.273 e. The average molecular weight is 423 g/mol. The Balaban J connectivity index is 1.37. The number of hydrogen-bond donors (Lipinski definition) is 1. The number of aromatic nitrogens is 1. The standard InChI is InChI=1S/C23H26N4O2S/c1-16-7-8-20(17(2)13-16)24-23-25-21(15-30-23)22(28)27-11-9-26(10-12-27)18-5-4-6-19(14-18)29-3/h4-8,13-15H,9-12H2,1-3H3,(H,24,25). The van der Waals surface area contributed by atoms with E-state index in [1.54, 1.807) is 7.11 Å². The minimum Gasteiger partial charge on any atom is -0.497 e. The minimum atomic E-state index is -0.00906. The van der Waals surface area contributed by atoms with Gasteiger partial charge in [-0.3, -0.25) is 4.79 Å². The zero-order valence-corrected chi connectivity index (χ0v) is 18.3. The third-order valence-electron chi connectivity index (χ3n) is 5.33. The molecule has 2 aromatic carbocycles. The summed E-state index contributed by atoms with van der Waals surface area (Å²) < 4.78 is 5.32. The van der Waals surface area contributed by atoms with E-state index in [0.29, 0.717) is 18.8 Å². The Morgan fingerprint density at radius 2 is 1.90 bits per heavy atom. The average Bonchev–Trinajstić information content (AvgIpc) is 3.24. The smallest absolute Gasteiger partial charge is 0.273 e. The van der Waals surface area contributed by atoms with Crippen LogP contribution >= 0.6 is 11.3 Å². The van der Waals surface area contributed by atoms with Gasteiger partial charge in [0.2, 0.25) is 0 Å². The Morgan fingerprint density at radius 1 is 1.10 bits per heavy atom. The van der Waals surface area contributed by atoms with Gasteiger partial charge in [-0.25, -0.2) is 4.98 Å². The van der Waals surface area contributed by atoms with Gasteiger partial charge in [0.25, 0.3) is 5.91 Å². The quantitative estimate of drug-likeness (QED) is 0.657. The van der Waals surface area contributed by atoms with Gasteiger partial charge in [0.15, 0.2) is 5.13 Å². The third-order valence-corrected chi connectivity index (χ3v) is 6.09. The van der Waals surface area contributed by atoms with Crippen molar-refractivity contribution in [2.24, 2.45) is 0 Å². The second-order valence-electron chi connectivity index (χ2n) is 7.46. The van der Waals surface area contributed by atoms with Crippen molar-refractivity contribution in [2.45, 2.75) is 13.8 Å². The molecule has 4 rings (SSSR count). The lowest BCUT2D eigenvalue weighted by atomic mass is 10.1. The molecule has 30 heavy (non-hydrogen) atoms. The first kappa shape index (κ1) is 20.2. The molecule has 1 N–H and O–H groups in total. The highest BCUT2D eigenvalue weighted by molar-refractivity contribution is 7.14. The van der Waals surface area contributed by atoms with E-state index in [1.807, 2.05) is 34.5 Å². The highest BCUT2D eigenvalue weighted by Gasteiger charge is 2.24. The lowest BCUT2D eigenvalue weighted by molar-refractivity contribution is 0.0742. The minimum absolute atomic E-state index is 0.00906. The molecule has 0 atom stereocenters. The molecule has 0 aliphatic carbocycles. The van der Waals surface area contributed by atoms with E-state index in [1.165, 1.54) is 16.9 Å². The molecule has 1 saturated heterocycles. The number of amides is 1. The molecule has 7 heteroatoms. The zero-order valence-electron chi connectivity index (χ0n) is 17.5. The summed E-state index contributed by atoms with van der Waals surface area (Å²) >= 11 is 1.46. The number of aryl methyl sites for hydroxylation is 2. The van der Waals surface area contributed by atoms with Crippen LogP contribution in [0, 0.1) is 13.8 Å². The second kappa shape index (κ2) is 8.75. The highest BCUT2D eigenvalue weighted by Crippen LogP contribution is 2.26. The van der Waals surface area contributed by atoms with E-state index in [4.69, 9.17) is 4.74 Å². The van der Waals surface area contributed by atoms with E-state index in [-0.39, 0.29) is 5.91 Å². The number of piperazine rings is 1. The van der Waals surface area contributed by atoms with E-state index >= 15 is 0 Å². The first-order valence-corrected chi connectivity index (χ1v) is 10.9. The maximum atomic E-state index is 12.9. The fraction of sp³-hybridized carbons (Fsp3) is 0.304. The van der Waals surface area contributed by atoms with Crippen LogP contribution in [0.5, 0.6) is 5.75 Å². The van der Waals surface area contributed by atoms with Gasteiger partial charge in [0.05, 0.1) is 7.11 Å². The number of methoxy groups -OCH3 is 1. The topological polar surface area (TPSA) is 57.7 Å². The van der Waals surface area contributed by atoms with Crippen molar-refractivity contribution in [1.82, 2.24) is 9.88 Å². The molecule has 1 aliphatic heterocycles. The molecule has 1 amide bonds. The molecule has 156 valence electrons. The zero-order chi connectivity index (χ0) is 21.1. The summed E-state index contributed by atoms with van der Waals surface area (Å²) in [5.74, 6) is 0.836. The van der Waals surface area contributed by atoms with Gasteiger partial charge in [0, 0.05) is 49.0 Å². The van der Waals surface area contributed by atoms with Crippen molar-refractivity contribution in [3.05, 3.63) is 64.7 Å². The van der Waals surface area contributed by atoms with Crippen LogP contribution in [0.15, 0.2) is 47.8 Å². The molecule has 1 fully saturated rings. The van der Waals surface area contributed by atoms with Gasteiger partial charge >= 0.3 is 0 Å². The molecule has 0 bridgehead atoms. The summed E-state index contributed by atoms with van der Waals surface area (Å²) in [6.45, 7) is 7.07. The van der Waals surface area contributed by atoms with Crippen LogP contribution in [0.4, 0.5) is 16.5 Å². The van der Waals surface area contributed by atoms with Gasteiger partial charge in [-0.1, -0.05) is 23.8 Å². The van der Waals surface area contributed by atoms with Gasteiger partial charge in [-0.05, 0) is 37.6 Å². The molecule has 1 aromatic heterocycles. The molecule has 0 radical (unpaired) electrons. The fourth-order valence-electron chi connectivity index (χ4n) is 3.64. The molecule has 0 saturated carbocycles. The van der Waals surface area contributed by atoms with Crippen LogP contribution in [-0.2, 0) is 0 Å². The molecule has 0 unspecified atom stereocenters. The number of nitrogens with one attached hydrogen (secondary N) is 1. The number of rotatable bonds is 5. The Labute approximate surface area is 181 Å². The third kappa shape index (κ3) is 4.41. The van der Waals surface area contributed by atoms with E-state index in [0.717, 1.165) is 40.9 Å². The molecular weight excluding hydrogens is 396 g/mol. The summed E-state index contributed by atoms with van der Waals surface area (Å²) in [6, 6.07) is 14.3. The monoisotopic (exact) mass is 422 g/mol. The Morgan fingerprint density at radius 3 is 2.63 bits per heavy atom. The fourth-order valence-corrected chi connectivity index (χ4v) is 4.33. The number of nitrogens with zero attached hydrogens (tertiary/aromatic N) is 3. The highest BCUT2D eigenvalue weighted by atomic mass is 32.1. The molecule has 1 aliphatic rings. The number of thiazole rings is 1. The Bertz CT molecular complexity index is 1040. The van der Waals surface area contributed by atoms with Crippen LogP contribution in [-0.4, -0.2) is 49.1 Å². The molecule has 6 nitrogen and oxygen atoms in total. The Kier molecular flexibility index (Phi) is 5.90. The summed E-state index contributed by atoms with van der Waals surface area (Å²) in [7, 11) is 1.67. The van der Waals surface area contributed by atoms with Crippen LogP contribution < -0.4 is 15.0 Å². The molecule has 2 heterocycles. The van der Waals surface area contributed by atoms with Crippen molar-refractivity contribution < 1.29 is 9.53 Å². The lowest BCUT2D eigenvalue weighted by Crippen LogP contribution is -2.48. The van der Waals surface area contributed by atoms with Crippen LogP contribution in [0.25, 0.3) is 0 Å². The van der Waals surface area contributed by atoms with Gasteiger partial charge < -0.3 is 19.9 Å². The van der Waals surface area contributed by atoms with Gasteiger partial charge in [0.1, 0.15) is 11.4 Å². The van der Waals surface area contributed by atoms with Crippen LogP contribution in [0.3, 0.4) is 0 Å². The van der Waals surface area contributed by atoms with Crippen LogP contribution in [0.1, 0.15) is 21.6 Å². The number of benzene rings is 2. The van der Waals surface area contributed by atoms with Crippen molar-refractivity contribution >= 4 is 33.8 Å². The van der Waals surface area contributed by atoms with Crippen LogP contribution in [0.2, 0.25) is 0 Å². The SMILES string of the molecule is COc1cccc(N2CCN(C(=O)c3csc(Nc4ccc(C)cc4C)n3)CC2)c1. The van der Waals surface area contributed by atoms with Gasteiger partial charge in [-0.2, -0.15) is 0 Å². The van der Waals surface area contributed by atoms with Crippen molar-refractivity contribution in [2.75, 3.05) is 43.5 Å². The van der Waals surface area contributed by atoms with E-state index < -0.39 is 0 Å². The molecule has 0 spiro atoms. The summed E-state index contributed by atoms with van der Waals surface area (Å²) in [6.07, 6.45) is 0. The Hall–Kier alpha value is -3.06. The first-order chi connectivity index (χ1) is 14.5. The van der Waals surface area contributed by atoms with Crippen molar-refractivity contribution in [1.29, 1.82) is 0 Å². The predicted octanol–water partition coefficient (Wildman–Crippen LogP) is 4.47. The van der Waals surface area contributed by atoms with E-state index in [2.05, 4.69) is 47.2 Å². The summed E-state index contributed by atoms with van der Waals surface area (Å²) in [4.78, 5) is 21.6. The van der Waals surface area contributed by atoms with Crippen molar-refractivity contribution in [3.63, 3.8) is 0 Å². The number of carbonyl (C=O) groups is 1. The normalized spacial score (nSPS) is 14.0. The number of hydrogen-bond acceptors (Lipinski definition) is 6. The predicted molar refractivity (Wildman–Crippen MR) is 122 cm³/mol. The number of ether oxygens (including phenoxy) is 1. The van der Waals surface area contributed by atoms with Gasteiger partial charge in [-0.15, -0.1) is 11.3 Å². The first-order valence-electron chi connectivity index (χ1n) is 10.0. The maximum absolute atomic E-state index is 12.9. The summed E-state index contributed by atoms with van der Waals surface area (Å²) in [5.41, 5.74) is 5.02. The molecule has 3 aromatic rings. The van der Waals surface area contributed by atoms with Crippen molar-refractivity contribution in [3.8, 4) is 5.75 Å². The lowest BCUT2D eigenvalue weighted by Gasteiger charge is -2.35. The molecular formula is C23H26N4O2S. The second-order valence-corrected chi connectivity index (χ2v) is 8.32.